The Morgan fingerprint density at radius 2 is 1.70 bits per heavy atom. The van der Waals surface area contributed by atoms with E-state index in [0.717, 1.165) is 15.6 Å². The highest BCUT2D eigenvalue weighted by Gasteiger charge is 2.12. The van der Waals surface area contributed by atoms with Gasteiger partial charge in [-0.25, -0.2) is 8.42 Å². The first-order valence-corrected chi connectivity index (χ1v) is 8.47. The van der Waals surface area contributed by atoms with Crippen LogP contribution in [0.5, 0.6) is 0 Å². The zero-order valence-electron chi connectivity index (χ0n) is 10.7. The number of sulfonamides is 1. The Morgan fingerprint density at radius 1 is 1.05 bits per heavy atom. The van der Waals surface area contributed by atoms with Crippen molar-refractivity contribution in [2.24, 2.45) is 5.73 Å². The minimum atomic E-state index is -3.43. The molecule has 2 rings (SSSR count). The lowest BCUT2D eigenvalue weighted by Gasteiger charge is -2.09. The molecule has 0 atom stereocenters. The quantitative estimate of drug-likeness (QED) is 0.866. The Balaban J connectivity index is 2.12. The Labute approximate surface area is 127 Å². The summed E-state index contributed by atoms with van der Waals surface area (Å²) in [7, 11) is -3.43. The highest BCUT2D eigenvalue weighted by molar-refractivity contribution is 9.10. The molecular formula is C14H15BrN2O2S. The smallest absolute Gasteiger partial charge is 0.236 e. The van der Waals surface area contributed by atoms with E-state index in [9.17, 15) is 8.42 Å². The Morgan fingerprint density at radius 3 is 2.35 bits per heavy atom. The van der Waals surface area contributed by atoms with Crippen LogP contribution < -0.4 is 10.5 Å². The third-order valence-corrected chi connectivity index (χ3v) is 4.49. The molecule has 0 aliphatic heterocycles. The molecule has 6 heteroatoms. The zero-order valence-corrected chi connectivity index (χ0v) is 13.1. The van der Waals surface area contributed by atoms with Crippen LogP contribution in [0.1, 0.15) is 11.1 Å². The van der Waals surface area contributed by atoms with Crippen molar-refractivity contribution in [1.82, 2.24) is 0 Å². The van der Waals surface area contributed by atoms with Crippen molar-refractivity contribution in [3.63, 3.8) is 0 Å². The second-order valence-corrected chi connectivity index (χ2v) is 7.03. The number of halogens is 1. The maximum Gasteiger partial charge on any atom is 0.236 e. The van der Waals surface area contributed by atoms with Crippen LogP contribution in [0, 0.1) is 0 Å². The average Bonchev–Trinajstić information content (AvgIpc) is 2.41. The van der Waals surface area contributed by atoms with E-state index < -0.39 is 10.0 Å². The molecule has 3 N–H and O–H groups in total. The topological polar surface area (TPSA) is 72.2 Å². The Hall–Kier alpha value is -1.37. The molecule has 4 nitrogen and oxygen atoms in total. The third kappa shape index (κ3) is 4.33. The van der Waals surface area contributed by atoms with Crippen molar-refractivity contribution in [2.75, 3.05) is 4.72 Å². The summed E-state index contributed by atoms with van der Waals surface area (Å²) in [5.74, 6) is -0.0725. The maximum atomic E-state index is 12.1. The summed E-state index contributed by atoms with van der Waals surface area (Å²) in [5.41, 5.74) is 7.73. The second kappa shape index (κ2) is 6.39. The van der Waals surface area contributed by atoms with Crippen molar-refractivity contribution in [3.8, 4) is 0 Å². The molecule has 0 aliphatic rings. The van der Waals surface area contributed by atoms with E-state index in [4.69, 9.17) is 5.73 Å². The van der Waals surface area contributed by atoms with Gasteiger partial charge in [0.2, 0.25) is 10.0 Å². The number of rotatable bonds is 5. The summed E-state index contributed by atoms with van der Waals surface area (Å²) in [4.78, 5) is 0. The lowest BCUT2D eigenvalue weighted by Crippen LogP contribution is -2.15. The van der Waals surface area contributed by atoms with E-state index >= 15 is 0 Å². The molecular weight excluding hydrogens is 340 g/mol. The van der Waals surface area contributed by atoms with Crippen LogP contribution in [-0.4, -0.2) is 8.42 Å². The normalized spacial score (nSPS) is 11.3. The van der Waals surface area contributed by atoms with Gasteiger partial charge in [0.25, 0.3) is 0 Å². The molecule has 2 aromatic carbocycles. The van der Waals surface area contributed by atoms with E-state index in [0.29, 0.717) is 12.2 Å². The first-order valence-electron chi connectivity index (χ1n) is 6.02. The molecule has 2 aromatic rings. The molecule has 0 unspecified atom stereocenters. The van der Waals surface area contributed by atoms with Gasteiger partial charge in [0.15, 0.2) is 0 Å². The van der Waals surface area contributed by atoms with Crippen LogP contribution in [0.15, 0.2) is 53.0 Å². The lowest BCUT2D eigenvalue weighted by atomic mass is 10.1. The third-order valence-electron chi connectivity index (χ3n) is 2.70. The fourth-order valence-corrected chi connectivity index (χ4v) is 3.25. The molecule has 0 heterocycles. The number of anilines is 1. The van der Waals surface area contributed by atoms with Crippen molar-refractivity contribution in [1.29, 1.82) is 0 Å². The molecule has 0 spiro atoms. The average molecular weight is 355 g/mol. The first kappa shape index (κ1) is 15.0. The van der Waals surface area contributed by atoms with Crippen LogP contribution in [0.4, 0.5) is 5.69 Å². The van der Waals surface area contributed by atoms with E-state index in [2.05, 4.69) is 20.7 Å². The Bertz CT molecular complexity index is 685. The number of benzene rings is 2. The molecule has 0 bridgehead atoms. The number of nitrogens with one attached hydrogen (secondary N) is 1. The predicted octanol–water partition coefficient (Wildman–Crippen LogP) is 2.85. The molecule has 0 saturated heterocycles. The van der Waals surface area contributed by atoms with Gasteiger partial charge in [-0.2, -0.15) is 0 Å². The molecule has 0 aliphatic carbocycles. The summed E-state index contributed by atoms with van der Waals surface area (Å²) >= 11 is 3.31. The summed E-state index contributed by atoms with van der Waals surface area (Å²) in [6, 6.07) is 14.3. The largest absolute Gasteiger partial charge is 0.326 e. The van der Waals surface area contributed by atoms with Crippen LogP contribution in [0.2, 0.25) is 0 Å². The van der Waals surface area contributed by atoms with Gasteiger partial charge in [-0.05, 0) is 35.4 Å². The van der Waals surface area contributed by atoms with Gasteiger partial charge in [0.05, 0.1) is 5.75 Å². The first-order chi connectivity index (χ1) is 9.48. The zero-order chi connectivity index (χ0) is 14.6. The monoisotopic (exact) mass is 354 g/mol. The van der Waals surface area contributed by atoms with Gasteiger partial charge < -0.3 is 5.73 Å². The van der Waals surface area contributed by atoms with E-state index in [1.54, 1.807) is 36.4 Å². The van der Waals surface area contributed by atoms with Crippen molar-refractivity contribution in [3.05, 3.63) is 64.1 Å². The summed E-state index contributed by atoms with van der Waals surface area (Å²) in [6.45, 7) is 0.397. The van der Waals surface area contributed by atoms with Crippen molar-refractivity contribution in [2.45, 2.75) is 12.3 Å². The van der Waals surface area contributed by atoms with Crippen LogP contribution >= 0.6 is 15.9 Å². The lowest BCUT2D eigenvalue weighted by molar-refractivity contribution is 0.600. The van der Waals surface area contributed by atoms with Crippen LogP contribution in [-0.2, 0) is 22.3 Å². The number of nitrogens with two attached hydrogens (primary N) is 1. The SMILES string of the molecule is NCc1cccc(CS(=O)(=O)Nc2ccc(Br)cc2)c1. The van der Waals surface area contributed by atoms with Crippen LogP contribution in [0.25, 0.3) is 0 Å². The molecule has 20 heavy (non-hydrogen) atoms. The highest BCUT2D eigenvalue weighted by Crippen LogP contribution is 2.17. The fraction of sp³-hybridized carbons (Fsp3) is 0.143. The Kier molecular flexibility index (Phi) is 4.80. The second-order valence-electron chi connectivity index (χ2n) is 4.39. The number of hydrogen-bond donors (Lipinski definition) is 2. The van der Waals surface area contributed by atoms with Gasteiger partial charge in [-0.15, -0.1) is 0 Å². The summed E-state index contributed by atoms with van der Waals surface area (Å²) in [6.07, 6.45) is 0. The molecule has 0 radical (unpaired) electrons. The fourth-order valence-electron chi connectivity index (χ4n) is 1.80. The van der Waals surface area contributed by atoms with E-state index in [-0.39, 0.29) is 5.75 Å². The van der Waals surface area contributed by atoms with Gasteiger partial charge in [0, 0.05) is 16.7 Å². The molecule has 0 aromatic heterocycles. The van der Waals surface area contributed by atoms with E-state index in [1.807, 2.05) is 12.1 Å². The van der Waals surface area contributed by atoms with Gasteiger partial charge in [0.1, 0.15) is 0 Å². The summed E-state index contributed by atoms with van der Waals surface area (Å²) in [5, 5.41) is 0. The van der Waals surface area contributed by atoms with Crippen molar-refractivity contribution < 1.29 is 8.42 Å². The molecule has 106 valence electrons. The van der Waals surface area contributed by atoms with Gasteiger partial charge in [-0.1, -0.05) is 40.2 Å². The van der Waals surface area contributed by atoms with Gasteiger partial charge in [-0.3, -0.25) is 4.72 Å². The molecule has 0 fully saturated rings. The number of hydrogen-bond acceptors (Lipinski definition) is 3. The minimum Gasteiger partial charge on any atom is -0.326 e. The maximum absolute atomic E-state index is 12.1. The standard InChI is InChI=1S/C14H15BrN2O2S/c15-13-4-6-14(7-5-13)17-20(18,19)10-12-3-1-2-11(8-12)9-16/h1-8,17H,9-10,16H2. The van der Waals surface area contributed by atoms with E-state index in [1.165, 1.54) is 0 Å². The predicted molar refractivity (Wildman–Crippen MR) is 84.7 cm³/mol. The minimum absolute atomic E-state index is 0.0725. The summed E-state index contributed by atoms with van der Waals surface area (Å²) < 4.78 is 27.7. The molecule has 0 saturated carbocycles. The van der Waals surface area contributed by atoms with Crippen molar-refractivity contribution >= 4 is 31.6 Å². The van der Waals surface area contributed by atoms with Gasteiger partial charge >= 0.3 is 0 Å². The van der Waals surface area contributed by atoms with Crippen LogP contribution in [0.3, 0.4) is 0 Å². The highest BCUT2D eigenvalue weighted by atomic mass is 79.9. The molecule has 0 amide bonds.